The third-order valence-corrected chi connectivity index (χ3v) is 3.64. The summed E-state index contributed by atoms with van der Waals surface area (Å²) < 4.78 is 10.5. The van der Waals surface area contributed by atoms with Gasteiger partial charge in [-0.1, -0.05) is 6.07 Å². The van der Waals surface area contributed by atoms with Gasteiger partial charge in [0.25, 0.3) is 5.91 Å². The largest absolute Gasteiger partial charge is 0.493 e. The zero-order chi connectivity index (χ0) is 16.7. The van der Waals surface area contributed by atoms with Gasteiger partial charge in [-0.25, -0.2) is 0 Å². The minimum atomic E-state index is -0.553. The summed E-state index contributed by atoms with van der Waals surface area (Å²) in [7, 11) is 1.51. The minimum absolute atomic E-state index is 0.0257. The second-order valence-electron chi connectivity index (χ2n) is 5.38. The molecule has 1 aliphatic rings. The molecule has 0 atom stereocenters. The van der Waals surface area contributed by atoms with Crippen LogP contribution in [0.3, 0.4) is 0 Å². The standard InChI is InChI=1S/C17H22N2O4/c1-22-15-11-13(5-7-14(15)23-12-16(18)20)6-8-17(21)19-9-3-2-4-10-19/h5-8,11H,2-4,9-10,12H2,1H3,(H2,18,20)/b8-6+. The fourth-order valence-corrected chi connectivity index (χ4v) is 2.44. The zero-order valence-corrected chi connectivity index (χ0v) is 13.3. The van der Waals surface area contributed by atoms with Crippen molar-refractivity contribution in [3.8, 4) is 11.5 Å². The number of primary amides is 1. The molecule has 0 radical (unpaired) electrons. The number of carbonyl (C=O) groups is 2. The molecule has 0 bridgehead atoms. The number of carbonyl (C=O) groups excluding carboxylic acids is 2. The Morgan fingerprint density at radius 2 is 1.96 bits per heavy atom. The monoisotopic (exact) mass is 318 g/mol. The van der Waals surface area contributed by atoms with Crippen molar-refractivity contribution in [1.82, 2.24) is 4.90 Å². The van der Waals surface area contributed by atoms with E-state index in [4.69, 9.17) is 15.2 Å². The lowest BCUT2D eigenvalue weighted by Crippen LogP contribution is -2.34. The van der Waals surface area contributed by atoms with Crippen molar-refractivity contribution in [2.75, 3.05) is 26.8 Å². The minimum Gasteiger partial charge on any atom is -0.493 e. The first-order valence-electron chi connectivity index (χ1n) is 7.66. The van der Waals surface area contributed by atoms with Crippen LogP contribution < -0.4 is 15.2 Å². The van der Waals surface area contributed by atoms with Crippen LogP contribution in [0.15, 0.2) is 24.3 Å². The van der Waals surface area contributed by atoms with Crippen LogP contribution >= 0.6 is 0 Å². The molecule has 1 aromatic rings. The highest BCUT2D eigenvalue weighted by molar-refractivity contribution is 5.91. The van der Waals surface area contributed by atoms with Crippen LogP contribution in [0, 0.1) is 0 Å². The SMILES string of the molecule is COc1cc(/C=C/C(=O)N2CCCCC2)ccc1OCC(N)=O. The summed E-state index contributed by atoms with van der Waals surface area (Å²) in [5, 5.41) is 0. The van der Waals surface area contributed by atoms with Crippen LogP contribution in [-0.2, 0) is 9.59 Å². The van der Waals surface area contributed by atoms with Gasteiger partial charge in [0.1, 0.15) is 0 Å². The first-order chi connectivity index (χ1) is 11.1. The van der Waals surface area contributed by atoms with E-state index in [0.717, 1.165) is 31.5 Å². The Labute approximate surface area is 135 Å². The van der Waals surface area contributed by atoms with Crippen LogP contribution in [0.4, 0.5) is 0 Å². The molecule has 0 aromatic heterocycles. The highest BCUT2D eigenvalue weighted by Gasteiger charge is 2.13. The highest BCUT2D eigenvalue weighted by Crippen LogP contribution is 2.28. The molecule has 1 heterocycles. The van der Waals surface area contributed by atoms with E-state index in [-0.39, 0.29) is 12.5 Å². The maximum absolute atomic E-state index is 12.1. The van der Waals surface area contributed by atoms with Crippen molar-refractivity contribution in [3.63, 3.8) is 0 Å². The summed E-state index contributed by atoms with van der Waals surface area (Å²) in [6, 6.07) is 5.22. The number of likely N-dealkylation sites (tertiary alicyclic amines) is 1. The first kappa shape index (κ1) is 16.9. The first-order valence-corrected chi connectivity index (χ1v) is 7.66. The van der Waals surface area contributed by atoms with Gasteiger partial charge in [0, 0.05) is 19.2 Å². The average molecular weight is 318 g/mol. The van der Waals surface area contributed by atoms with E-state index >= 15 is 0 Å². The Kier molecular flexibility index (Phi) is 6.02. The van der Waals surface area contributed by atoms with E-state index < -0.39 is 5.91 Å². The van der Waals surface area contributed by atoms with Crippen molar-refractivity contribution in [2.45, 2.75) is 19.3 Å². The van der Waals surface area contributed by atoms with Gasteiger partial charge in [0.15, 0.2) is 18.1 Å². The van der Waals surface area contributed by atoms with Gasteiger partial charge in [-0.3, -0.25) is 9.59 Å². The fraction of sp³-hybridized carbons (Fsp3) is 0.412. The van der Waals surface area contributed by atoms with Crippen LogP contribution in [0.25, 0.3) is 6.08 Å². The Morgan fingerprint density at radius 3 is 2.61 bits per heavy atom. The van der Waals surface area contributed by atoms with E-state index in [1.54, 1.807) is 30.4 Å². The topological polar surface area (TPSA) is 81.9 Å². The molecule has 6 nitrogen and oxygen atoms in total. The average Bonchev–Trinajstić information content (AvgIpc) is 2.58. The Balaban J connectivity index is 2.03. The molecule has 0 spiro atoms. The summed E-state index contributed by atoms with van der Waals surface area (Å²) in [6.45, 7) is 1.44. The Hall–Kier alpha value is -2.50. The van der Waals surface area contributed by atoms with Crippen molar-refractivity contribution in [3.05, 3.63) is 29.8 Å². The molecule has 124 valence electrons. The molecule has 1 aliphatic heterocycles. The molecule has 0 unspecified atom stereocenters. The maximum Gasteiger partial charge on any atom is 0.255 e. The number of nitrogens with zero attached hydrogens (tertiary/aromatic N) is 1. The molecule has 2 rings (SSSR count). The third-order valence-electron chi connectivity index (χ3n) is 3.64. The number of methoxy groups -OCH3 is 1. The lowest BCUT2D eigenvalue weighted by atomic mass is 10.1. The van der Waals surface area contributed by atoms with E-state index in [0.29, 0.717) is 11.5 Å². The molecular weight excluding hydrogens is 296 g/mol. The molecule has 23 heavy (non-hydrogen) atoms. The third kappa shape index (κ3) is 5.02. The molecule has 2 amide bonds. The number of hydrogen-bond donors (Lipinski definition) is 1. The molecule has 1 saturated heterocycles. The molecule has 1 aromatic carbocycles. The number of piperidine rings is 1. The van der Waals surface area contributed by atoms with Crippen molar-refractivity contribution in [1.29, 1.82) is 0 Å². The summed E-state index contributed by atoms with van der Waals surface area (Å²) in [6.07, 6.45) is 6.65. The fourth-order valence-electron chi connectivity index (χ4n) is 2.44. The number of rotatable bonds is 6. The van der Waals surface area contributed by atoms with E-state index in [9.17, 15) is 9.59 Å². The number of ether oxygens (including phenoxy) is 2. The van der Waals surface area contributed by atoms with Gasteiger partial charge in [-0.15, -0.1) is 0 Å². The number of nitrogens with two attached hydrogens (primary N) is 1. The van der Waals surface area contributed by atoms with Crippen LogP contribution in [0.5, 0.6) is 11.5 Å². The second-order valence-corrected chi connectivity index (χ2v) is 5.38. The summed E-state index contributed by atoms with van der Waals surface area (Å²) in [5.74, 6) is 0.394. The highest BCUT2D eigenvalue weighted by atomic mass is 16.5. The molecule has 2 N–H and O–H groups in total. The predicted octanol–water partition coefficient (Wildman–Crippen LogP) is 1.58. The van der Waals surface area contributed by atoms with E-state index in [2.05, 4.69) is 0 Å². The molecule has 6 heteroatoms. The lowest BCUT2D eigenvalue weighted by molar-refractivity contribution is -0.126. The summed E-state index contributed by atoms with van der Waals surface area (Å²) >= 11 is 0. The zero-order valence-electron chi connectivity index (χ0n) is 13.3. The summed E-state index contributed by atoms with van der Waals surface area (Å²) in [5.41, 5.74) is 5.87. The maximum atomic E-state index is 12.1. The van der Waals surface area contributed by atoms with E-state index in [1.165, 1.54) is 13.5 Å². The molecule has 0 saturated carbocycles. The van der Waals surface area contributed by atoms with Crippen LogP contribution in [-0.4, -0.2) is 43.5 Å². The van der Waals surface area contributed by atoms with Gasteiger partial charge in [-0.2, -0.15) is 0 Å². The Morgan fingerprint density at radius 1 is 1.22 bits per heavy atom. The van der Waals surface area contributed by atoms with Crippen molar-refractivity contribution >= 4 is 17.9 Å². The van der Waals surface area contributed by atoms with Gasteiger partial charge in [0.2, 0.25) is 5.91 Å². The van der Waals surface area contributed by atoms with Gasteiger partial charge in [0.05, 0.1) is 7.11 Å². The lowest BCUT2D eigenvalue weighted by Gasteiger charge is -2.25. The molecule has 1 fully saturated rings. The molecular formula is C17H22N2O4. The smallest absolute Gasteiger partial charge is 0.255 e. The number of amides is 2. The Bertz CT molecular complexity index is 592. The van der Waals surface area contributed by atoms with Crippen molar-refractivity contribution < 1.29 is 19.1 Å². The number of benzene rings is 1. The summed E-state index contributed by atoms with van der Waals surface area (Å²) in [4.78, 5) is 24.7. The quantitative estimate of drug-likeness (QED) is 0.808. The normalized spacial score (nSPS) is 14.7. The second kappa shape index (κ2) is 8.22. The van der Waals surface area contributed by atoms with Crippen molar-refractivity contribution in [2.24, 2.45) is 5.73 Å². The van der Waals surface area contributed by atoms with Gasteiger partial charge in [-0.05, 0) is 43.0 Å². The molecule has 0 aliphatic carbocycles. The van der Waals surface area contributed by atoms with E-state index in [1.807, 2.05) is 4.90 Å². The number of hydrogen-bond acceptors (Lipinski definition) is 4. The predicted molar refractivity (Wildman–Crippen MR) is 87.1 cm³/mol. The van der Waals surface area contributed by atoms with Crippen LogP contribution in [0.2, 0.25) is 0 Å². The van der Waals surface area contributed by atoms with Gasteiger partial charge >= 0.3 is 0 Å². The van der Waals surface area contributed by atoms with Crippen LogP contribution in [0.1, 0.15) is 24.8 Å². The van der Waals surface area contributed by atoms with Gasteiger partial charge < -0.3 is 20.1 Å².